The van der Waals surface area contributed by atoms with Gasteiger partial charge in [-0.1, -0.05) is 0 Å². The fourth-order valence-corrected chi connectivity index (χ4v) is 2.99. The highest BCUT2D eigenvalue weighted by Crippen LogP contribution is 2.15. The number of hydrogen-bond acceptors (Lipinski definition) is 5. The second-order valence-corrected chi connectivity index (χ2v) is 5.57. The van der Waals surface area contributed by atoms with Crippen LogP contribution < -0.4 is 11.1 Å². The first-order valence-corrected chi connectivity index (χ1v) is 6.89. The molecule has 4 nitrogen and oxygen atoms in total. The number of aryl methyl sites for hydroxylation is 1. The summed E-state index contributed by atoms with van der Waals surface area (Å²) in [6.45, 7) is 3.56. The molecule has 0 saturated heterocycles. The fraction of sp³-hybridized carbons (Fsp3) is 0.273. The summed E-state index contributed by atoms with van der Waals surface area (Å²) in [7, 11) is 0. The maximum absolute atomic E-state index is 10.9. The molecule has 0 atom stereocenters. The number of rotatable bonds is 5. The van der Waals surface area contributed by atoms with Crippen molar-refractivity contribution in [3.63, 3.8) is 0 Å². The Hall–Kier alpha value is -1.24. The van der Waals surface area contributed by atoms with E-state index in [-0.39, 0.29) is 5.91 Å². The zero-order chi connectivity index (χ0) is 12.3. The van der Waals surface area contributed by atoms with Crippen molar-refractivity contribution in [2.45, 2.75) is 20.0 Å². The fourth-order valence-electron chi connectivity index (χ4n) is 1.40. The van der Waals surface area contributed by atoms with E-state index in [0.717, 1.165) is 23.7 Å². The third kappa shape index (κ3) is 3.12. The van der Waals surface area contributed by atoms with E-state index in [0.29, 0.717) is 5.56 Å². The monoisotopic (exact) mass is 267 g/mol. The number of hydrogen-bond donors (Lipinski definition) is 2. The molecule has 0 radical (unpaired) electrons. The van der Waals surface area contributed by atoms with E-state index in [9.17, 15) is 4.79 Å². The molecular weight excluding hydrogens is 254 g/mol. The van der Waals surface area contributed by atoms with Gasteiger partial charge in [-0.3, -0.25) is 4.79 Å². The molecule has 0 aliphatic carbocycles. The van der Waals surface area contributed by atoms with Crippen LogP contribution in [0.25, 0.3) is 0 Å². The van der Waals surface area contributed by atoms with Gasteiger partial charge in [0.15, 0.2) is 0 Å². The van der Waals surface area contributed by atoms with Gasteiger partial charge in [0, 0.05) is 28.2 Å². The van der Waals surface area contributed by atoms with E-state index in [1.807, 2.05) is 18.5 Å². The zero-order valence-electron chi connectivity index (χ0n) is 9.40. The second-order valence-electron chi connectivity index (χ2n) is 3.63. The van der Waals surface area contributed by atoms with Crippen LogP contribution >= 0.6 is 22.7 Å². The lowest BCUT2D eigenvalue weighted by Crippen LogP contribution is -2.12. The van der Waals surface area contributed by atoms with Crippen molar-refractivity contribution in [1.29, 1.82) is 0 Å². The smallest absolute Gasteiger partial charge is 0.249 e. The Morgan fingerprint density at radius 2 is 2.29 bits per heavy atom. The normalized spacial score (nSPS) is 10.6. The van der Waals surface area contributed by atoms with Gasteiger partial charge in [0.05, 0.1) is 16.8 Å². The maximum atomic E-state index is 10.9. The number of thiophene rings is 1. The van der Waals surface area contributed by atoms with Crippen molar-refractivity contribution in [3.05, 3.63) is 38.0 Å². The summed E-state index contributed by atoms with van der Waals surface area (Å²) in [6, 6.07) is 1.83. The first-order valence-electron chi connectivity index (χ1n) is 5.13. The minimum atomic E-state index is -0.370. The Kier molecular flexibility index (Phi) is 3.88. The average molecular weight is 267 g/mol. The maximum Gasteiger partial charge on any atom is 0.249 e. The number of nitrogens with zero attached hydrogens (tertiary/aromatic N) is 1. The largest absolute Gasteiger partial charge is 0.366 e. The molecule has 17 heavy (non-hydrogen) atoms. The van der Waals surface area contributed by atoms with Gasteiger partial charge < -0.3 is 11.1 Å². The molecule has 0 unspecified atom stereocenters. The molecule has 0 fully saturated rings. The van der Waals surface area contributed by atoms with E-state index in [1.54, 1.807) is 28.1 Å². The number of carbonyl (C=O) groups is 1. The number of nitrogens with one attached hydrogen (secondary N) is 1. The molecule has 90 valence electrons. The average Bonchev–Trinajstić information content (AvgIpc) is 2.89. The lowest BCUT2D eigenvalue weighted by molar-refractivity contribution is 0.100. The van der Waals surface area contributed by atoms with Crippen LogP contribution in [0.2, 0.25) is 0 Å². The Morgan fingerprint density at radius 3 is 2.88 bits per heavy atom. The van der Waals surface area contributed by atoms with Gasteiger partial charge in [-0.25, -0.2) is 4.98 Å². The van der Waals surface area contributed by atoms with Crippen LogP contribution in [-0.4, -0.2) is 10.9 Å². The van der Waals surface area contributed by atoms with Crippen LogP contribution in [0.5, 0.6) is 0 Å². The second kappa shape index (κ2) is 5.39. The topological polar surface area (TPSA) is 68.0 Å². The summed E-state index contributed by atoms with van der Waals surface area (Å²) in [5, 5.41) is 5.11. The van der Waals surface area contributed by atoms with Gasteiger partial charge in [0.1, 0.15) is 0 Å². The van der Waals surface area contributed by atoms with Gasteiger partial charge in [0.2, 0.25) is 5.91 Å². The predicted molar refractivity (Wildman–Crippen MR) is 70.2 cm³/mol. The molecule has 2 aromatic heterocycles. The Labute approximate surface area is 107 Å². The Morgan fingerprint density at radius 1 is 1.47 bits per heavy atom. The highest BCUT2D eigenvalue weighted by molar-refractivity contribution is 7.10. The van der Waals surface area contributed by atoms with Gasteiger partial charge in [0.25, 0.3) is 0 Å². The number of thiazole rings is 1. The van der Waals surface area contributed by atoms with Crippen molar-refractivity contribution >= 4 is 28.6 Å². The molecular formula is C11H13N3OS2. The number of primary amides is 1. The van der Waals surface area contributed by atoms with E-state index in [2.05, 4.69) is 10.3 Å². The minimum absolute atomic E-state index is 0.370. The quantitative estimate of drug-likeness (QED) is 0.869. The highest BCUT2D eigenvalue weighted by atomic mass is 32.1. The first-order chi connectivity index (χ1) is 8.16. The standard InChI is InChI=1S/C11H13N3OS2/c1-7-10(17-6-14-7)4-13-3-9-2-8(5-16-9)11(12)15/h2,5-6,13H,3-4H2,1H3,(H2,12,15). The summed E-state index contributed by atoms with van der Waals surface area (Å²) in [5.41, 5.74) is 8.70. The summed E-state index contributed by atoms with van der Waals surface area (Å²) >= 11 is 3.19. The van der Waals surface area contributed by atoms with E-state index >= 15 is 0 Å². The number of amides is 1. The molecule has 2 heterocycles. The van der Waals surface area contributed by atoms with Crippen LogP contribution in [0.1, 0.15) is 25.8 Å². The molecule has 0 aliphatic heterocycles. The highest BCUT2D eigenvalue weighted by Gasteiger charge is 2.05. The minimum Gasteiger partial charge on any atom is -0.366 e. The molecule has 1 amide bonds. The van der Waals surface area contributed by atoms with Crippen molar-refractivity contribution in [2.24, 2.45) is 5.73 Å². The van der Waals surface area contributed by atoms with Gasteiger partial charge >= 0.3 is 0 Å². The van der Waals surface area contributed by atoms with Crippen LogP contribution in [0.4, 0.5) is 0 Å². The Balaban J connectivity index is 1.86. The molecule has 0 saturated carbocycles. The van der Waals surface area contributed by atoms with Gasteiger partial charge in [-0.05, 0) is 13.0 Å². The molecule has 2 aromatic rings. The number of carbonyl (C=O) groups excluding carboxylic acids is 1. The van der Waals surface area contributed by atoms with E-state index in [1.165, 1.54) is 4.88 Å². The van der Waals surface area contributed by atoms with Crippen LogP contribution in [0.3, 0.4) is 0 Å². The summed E-state index contributed by atoms with van der Waals surface area (Å²) < 4.78 is 0. The van der Waals surface area contributed by atoms with E-state index < -0.39 is 0 Å². The van der Waals surface area contributed by atoms with Crippen molar-refractivity contribution < 1.29 is 4.79 Å². The third-order valence-electron chi connectivity index (χ3n) is 2.37. The summed E-state index contributed by atoms with van der Waals surface area (Å²) in [5.74, 6) is -0.370. The zero-order valence-corrected chi connectivity index (χ0v) is 11.0. The van der Waals surface area contributed by atoms with Crippen LogP contribution in [0.15, 0.2) is 17.0 Å². The molecule has 0 spiro atoms. The number of nitrogens with two attached hydrogens (primary N) is 1. The lowest BCUT2D eigenvalue weighted by Gasteiger charge is -2.01. The van der Waals surface area contributed by atoms with Crippen molar-refractivity contribution in [1.82, 2.24) is 10.3 Å². The van der Waals surface area contributed by atoms with Crippen molar-refractivity contribution in [3.8, 4) is 0 Å². The number of aromatic nitrogens is 1. The first kappa shape index (κ1) is 12.2. The molecule has 0 aromatic carbocycles. The van der Waals surface area contributed by atoms with Gasteiger partial charge in [-0.2, -0.15) is 0 Å². The summed E-state index contributed by atoms with van der Waals surface area (Å²) in [4.78, 5) is 17.5. The molecule has 2 rings (SSSR count). The van der Waals surface area contributed by atoms with Crippen LogP contribution in [-0.2, 0) is 13.1 Å². The van der Waals surface area contributed by atoms with Crippen LogP contribution in [0, 0.1) is 6.92 Å². The molecule has 0 aliphatic rings. The van der Waals surface area contributed by atoms with Gasteiger partial charge in [-0.15, -0.1) is 22.7 Å². The molecule has 3 N–H and O–H groups in total. The van der Waals surface area contributed by atoms with E-state index in [4.69, 9.17) is 5.73 Å². The Bertz CT molecular complexity index is 518. The van der Waals surface area contributed by atoms with Crippen molar-refractivity contribution in [2.75, 3.05) is 0 Å². The summed E-state index contributed by atoms with van der Waals surface area (Å²) in [6.07, 6.45) is 0. The predicted octanol–water partition coefficient (Wildman–Crippen LogP) is 1.90. The third-order valence-corrected chi connectivity index (χ3v) is 4.24. The SMILES string of the molecule is Cc1ncsc1CNCc1cc(C(N)=O)cs1. The molecule has 0 bridgehead atoms. The lowest BCUT2D eigenvalue weighted by atomic mass is 10.3. The molecule has 6 heteroatoms.